The number of likely N-dealkylation sites (N-methyl/N-ethyl adjacent to an activating group) is 2. The van der Waals surface area contributed by atoms with Gasteiger partial charge in [-0.05, 0) is 152 Å². The number of nitrogens with zero attached hydrogens (tertiary/aromatic N) is 4. The Morgan fingerprint density at radius 2 is 1.61 bits per heavy atom. The van der Waals surface area contributed by atoms with Crippen LogP contribution in [0.3, 0.4) is 0 Å². The molecule has 85 heavy (non-hydrogen) atoms. The third kappa shape index (κ3) is 16.9. The molecule has 1 aromatic heterocycles. The Balaban J connectivity index is 1.01. The fourth-order valence-corrected chi connectivity index (χ4v) is 13.5. The average molecular weight is 1200 g/mol. The van der Waals surface area contributed by atoms with Gasteiger partial charge >= 0.3 is 17.9 Å². The van der Waals surface area contributed by atoms with Crippen molar-refractivity contribution in [3.8, 4) is 0 Å². The molecule has 7 rings (SSSR count). The maximum Gasteiger partial charge on any atom is 0.343 e. The number of esters is 3. The minimum absolute atomic E-state index is 0.0273. The van der Waals surface area contributed by atoms with E-state index < -0.39 is 108 Å². The molecule has 1 aromatic carbocycles. The van der Waals surface area contributed by atoms with Crippen molar-refractivity contribution in [1.29, 1.82) is 0 Å². The molecule has 0 radical (unpaired) electrons. The lowest BCUT2D eigenvalue weighted by Crippen LogP contribution is -2.61. The second-order valence-electron chi connectivity index (χ2n) is 26.2. The summed E-state index contributed by atoms with van der Waals surface area (Å²) in [4.78, 5) is 61.4. The van der Waals surface area contributed by atoms with Crippen molar-refractivity contribution in [1.82, 2.24) is 19.3 Å². The normalized spacial score (nSPS) is 37.0. The van der Waals surface area contributed by atoms with E-state index in [1.165, 1.54) is 20.5 Å². The van der Waals surface area contributed by atoms with Gasteiger partial charge in [0.2, 0.25) is 5.43 Å². The number of nitrogens with one attached hydrogen (secondary N) is 1. The number of cyclic esters (lactones) is 1. The topological polar surface area (TPSA) is 259 Å². The second kappa shape index (κ2) is 29.6. The van der Waals surface area contributed by atoms with Crippen molar-refractivity contribution >= 4 is 34.5 Å². The van der Waals surface area contributed by atoms with E-state index in [4.69, 9.17) is 42.6 Å². The highest BCUT2D eigenvalue weighted by Crippen LogP contribution is 2.42. The van der Waals surface area contributed by atoms with E-state index in [9.17, 15) is 39.6 Å². The maximum absolute atomic E-state index is 14.6. The summed E-state index contributed by atoms with van der Waals surface area (Å²) in [6.45, 7) is 21.4. The van der Waals surface area contributed by atoms with Gasteiger partial charge in [-0.1, -0.05) is 27.2 Å². The van der Waals surface area contributed by atoms with Gasteiger partial charge in [-0.2, -0.15) is 0 Å². The summed E-state index contributed by atoms with van der Waals surface area (Å²) in [5.41, 5.74) is -3.60. The highest BCUT2D eigenvalue weighted by atomic mass is 16.7. The van der Waals surface area contributed by atoms with Crippen LogP contribution in [0, 0.1) is 17.8 Å². The Hall–Kier alpha value is -3.88. The van der Waals surface area contributed by atoms with Crippen molar-refractivity contribution in [2.24, 2.45) is 17.8 Å². The third-order valence-corrected chi connectivity index (χ3v) is 18.7. The Kier molecular flexibility index (Phi) is 23.9. The fourth-order valence-electron chi connectivity index (χ4n) is 13.5. The smallest absolute Gasteiger partial charge is 0.343 e. The Morgan fingerprint density at radius 1 is 0.906 bits per heavy atom. The predicted molar refractivity (Wildman–Crippen MR) is 319 cm³/mol. The van der Waals surface area contributed by atoms with Crippen LogP contribution in [0.1, 0.15) is 150 Å². The van der Waals surface area contributed by atoms with Gasteiger partial charge in [-0.15, -0.1) is 0 Å². The maximum atomic E-state index is 14.6. The number of likely N-dealkylation sites (tertiary alicyclic amines) is 1. The number of aromatic nitrogens is 1. The number of carbonyl (C=O) groups is 3. The summed E-state index contributed by atoms with van der Waals surface area (Å²) >= 11 is 0. The number of anilines is 1. The zero-order valence-corrected chi connectivity index (χ0v) is 53.2. The molecule has 5 N–H and O–H groups in total. The first-order valence-electron chi connectivity index (χ1n) is 31.2. The summed E-state index contributed by atoms with van der Waals surface area (Å²) in [5.74, 6) is -4.05. The third-order valence-electron chi connectivity index (χ3n) is 18.7. The molecular formula is C63H103N5O17. The average Bonchev–Trinajstić information content (AvgIpc) is 2.39. The van der Waals surface area contributed by atoms with Crippen molar-refractivity contribution in [2.45, 2.75) is 230 Å². The molecule has 22 nitrogen and oxygen atoms in total. The molecule has 5 aliphatic rings. The van der Waals surface area contributed by atoms with Crippen LogP contribution < -0.4 is 10.7 Å². The number of hydrogen-bond donors (Lipinski definition) is 5. The van der Waals surface area contributed by atoms with E-state index in [0.717, 1.165) is 44.3 Å². The molecule has 1 aliphatic carbocycles. The molecule has 0 unspecified atom stereocenters. The summed E-state index contributed by atoms with van der Waals surface area (Å²) in [6.07, 6.45) is -2.20. The number of fused-ring (bicyclic) bond motifs is 1. The lowest BCUT2D eigenvalue weighted by Gasteiger charge is -2.49. The number of methoxy groups -OCH3 is 1. The van der Waals surface area contributed by atoms with Crippen LogP contribution in [0.5, 0.6) is 0 Å². The van der Waals surface area contributed by atoms with Gasteiger partial charge < -0.3 is 82.7 Å². The molecule has 4 saturated heterocycles. The van der Waals surface area contributed by atoms with Crippen molar-refractivity contribution in [2.75, 3.05) is 86.1 Å². The van der Waals surface area contributed by atoms with Crippen LogP contribution in [-0.4, -0.2) is 229 Å². The van der Waals surface area contributed by atoms with Gasteiger partial charge in [-0.25, -0.2) is 4.79 Å². The SMILES string of the molecule is CC[C@H]1OC(=O)[C@H](C)[C@@H](O[C@H]2C[C@@](C)(OC)[C@@H](OC(=O)CCOCCNc3ccc4c(c3)c(=O)c(C(=O)OCCN3CCCCC3)cn4C3CC3)[C@H](C)O2)[C@H](C)[C@@H](O[C@@H]2O[C@H](C)C[C@H](N(C)C)[C@H]2O)[C@](C)(O)C[C@@H](C)CN(C)[C@H](C)[C@@H](O)[C@]1(C)O. The molecule has 482 valence electrons. The zero-order valence-electron chi connectivity index (χ0n) is 53.2. The summed E-state index contributed by atoms with van der Waals surface area (Å²) in [6, 6.07) is 4.83. The van der Waals surface area contributed by atoms with Gasteiger partial charge in [0.05, 0.1) is 61.1 Å². The molecule has 1 saturated carbocycles. The summed E-state index contributed by atoms with van der Waals surface area (Å²) < 4.78 is 58.5. The Labute approximate surface area is 503 Å². The predicted octanol–water partition coefficient (Wildman–Crippen LogP) is 5.26. The van der Waals surface area contributed by atoms with Crippen LogP contribution in [0.25, 0.3) is 10.9 Å². The van der Waals surface area contributed by atoms with Gasteiger partial charge in [0.25, 0.3) is 0 Å². The first-order valence-corrected chi connectivity index (χ1v) is 31.2. The van der Waals surface area contributed by atoms with Gasteiger partial charge in [0.1, 0.15) is 41.7 Å². The molecule has 2 aromatic rings. The first kappa shape index (κ1) is 68.6. The molecule has 0 spiro atoms. The van der Waals surface area contributed by atoms with Crippen molar-refractivity contribution in [3.63, 3.8) is 0 Å². The fraction of sp³-hybridized carbons (Fsp3) is 0.810. The van der Waals surface area contributed by atoms with E-state index in [2.05, 4.69) is 10.2 Å². The van der Waals surface area contributed by atoms with Crippen LogP contribution in [-0.2, 0) is 52.2 Å². The number of pyridine rings is 1. The summed E-state index contributed by atoms with van der Waals surface area (Å²) in [7, 11) is 7.08. The van der Waals surface area contributed by atoms with Crippen LogP contribution in [0.2, 0.25) is 0 Å². The molecule has 18 atom stereocenters. The number of rotatable bonds is 20. The monoisotopic (exact) mass is 1200 g/mol. The molecule has 4 aliphatic heterocycles. The largest absolute Gasteiger partial charge is 0.461 e. The van der Waals surface area contributed by atoms with E-state index in [1.54, 1.807) is 60.7 Å². The number of aliphatic hydroxyl groups excluding tert-OH is 2. The minimum atomic E-state index is -1.87. The lowest BCUT2D eigenvalue weighted by atomic mass is 9.77. The first-order chi connectivity index (χ1) is 40.1. The highest BCUT2D eigenvalue weighted by molar-refractivity contribution is 5.94. The number of benzene rings is 1. The van der Waals surface area contributed by atoms with Gasteiger partial charge in [-0.3, -0.25) is 19.3 Å². The standard InChI is InChI=1S/C63H103N5O17/c1-15-49-63(10,76)55(72)41(6)66(13)35-37(2)33-61(8,75)56(85-60-53(71)48(65(11)12)31-38(3)80-60)39(4)54(40(5)58(73)82-49)84-51-34-62(9,77-14)57(42(7)81-51)83-50(69)23-28-78-29-24-64-43-19-22-47-45(32-43)52(70)46(36-68(47)44-20-21-44)59(74)79-30-27-67-25-17-16-18-26-67/h19,22,32,36-42,44,48-49,51,53-57,60,64,71-72,75-76H,15-18,20-21,23-31,33-35H2,1-14H3/t37-,38-,39+,40-,41-,42+,48+,49-,51+,53-,54+,55-,56-,57+,60+,61-,62-,63-/m1/s1. The van der Waals surface area contributed by atoms with Crippen molar-refractivity contribution in [3.05, 3.63) is 40.2 Å². The number of carbonyl (C=O) groups excluding carboxylic acids is 3. The lowest BCUT2D eigenvalue weighted by molar-refractivity contribution is -0.318. The Bertz CT molecular complexity index is 2580. The van der Waals surface area contributed by atoms with Crippen LogP contribution in [0.4, 0.5) is 5.69 Å². The van der Waals surface area contributed by atoms with Crippen LogP contribution >= 0.6 is 0 Å². The van der Waals surface area contributed by atoms with Gasteiger partial charge in [0.15, 0.2) is 18.7 Å². The quantitative estimate of drug-likeness (QED) is 0.0643. The van der Waals surface area contributed by atoms with E-state index in [1.807, 2.05) is 61.5 Å². The molecular weight excluding hydrogens is 1100 g/mol. The molecule has 22 heteroatoms. The molecule has 0 amide bonds. The second-order valence-corrected chi connectivity index (χ2v) is 26.2. The van der Waals surface area contributed by atoms with E-state index >= 15 is 0 Å². The molecule has 5 heterocycles. The van der Waals surface area contributed by atoms with E-state index in [0.29, 0.717) is 37.1 Å². The number of aliphatic hydroxyl groups is 4. The molecule has 0 bridgehead atoms. The van der Waals surface area contributed by atoms with E-state index in [-0.39, 0.29) is 80.6 Å². The number of ether oxygens (including phenoxy) is 9. The summed E-state index contributed by atoms with van der Waals surface area (Å²) in [5, 5.41) is 52.0. The molecule has 5 fully saturated rings. The minimum Gasteiger partial charge on any atom is -0.461 e. The van der Waals surface area contributed by atoms with Crippen LogP contribution in [0.15, 0.2) is 29.2 Å². The van der Waals surface area contributed by atoms with Gasteiger partial charge in [0, 0.05) is 74.5 Å². The Morgan fingerprint density at radius 3 is 2.27 bits per heavy atom. The highest BCUT2D eigenvalue weighted by Gasteiger charge is 2.54. The van der Waals surface area contributed by atoms with Crippen molar-refractivity contribution < 1.29 is 77.4 Å². The number of hydrogen-bond acceptors (Lipinski definition) is 21. The zero-order chi connectivity index (χ0) is 62.3. The number of piperidine rings is 1.